The van der Waals surface area contributed by atoms with Crippen molar-refractivity contribution >= 4 is 22.6 Å². The van der Waals surface area contributed by atoms with Gasteiger partial charge in [0.2, 0.25) is 5.91 Å². The first-order valence-electron chi connectivity index (χ1n) is 12.3. The summed E-state index contributed by atoms with van der Waals surface area (Å²) in [4.78, 5) is 29.5. The minimum Gasteiger partial charge on any atom is -0.366 e. The Morgan fingerprint density at radius 2 is 1.97 bits per heavy atom. The molecular formula is C26H32FN7O2. The van der Waals surface area contributed by atoms with Crippen molar-refractivity contribution in [3.8, 4) is 6.07 Å². The molecule has 0 aliphatic carbocycles. The summed E-state index contributed by atoms with van der Waals surface area (Å²) in [6.07, 6.45) is 3.39. The summed E-state index contributed by atoms with van der Waals surface area (Å²) in [5, 5.41) is 13.8. The monoisotopic (exact) mass is 493 g/mol. The Morgan fingerprint density at radius 1 is 1.25 bits per heavy atom. The van der Waals surface area contributed by atoms with Crippen LogP contribution < -0.4 is 16.2 Å². The maximum Gasteiger partial charge on any atom is 0.252 e. The quantitative estimate of drug-likeness (QED) is 0.541. The van der Waals surface area contributed by atoms with Crippen LogP contribution in [0.3, 0.4) is 0 Å². The van der Waals surface area contributed by atoms with Crippen LogP contribution in [0, 0.1) is 17.1 Å². The van der Waals surface area contributed by atoms with Gasteiger partial charge in [-0.1, -0.05) is 19.9 Å². The minimum absolute atomic E-state index is 0.0733. The fourth-order valence-corrected chi connectivity index (χ4v) is 5.35. The van der Waals surface area contributed by atoms with Crippen molar-refractivity contribution in [2.45, 2.75) is 58.3 Å². The number of fused-ring (bicyclic) bond motifs is 1. The zero-order valence-corrected chi connectivity index (χ0v) is 21.1. The lowest BCUT2D eigenvalue weighted by molar-refractivity contribution is 0.0952. The maximum atomic E-state index is 13.9. The molecule has 1 aliphatic rings. The van der Waals surface area contributed by atoms with Crippen molar-refractivity contribution < 1.29 is 9.18 Å². The van der Waals surface area contributed by atoms with Gasteiger partial charge in [0, 0.05) is 49.9 Å². The van der Waals surface area contributed by atoms with Crippen LogP contribution in [0.4, 0.5) is 10.1 Å². The van der Waals surface area contributed by atoms with Crippen molar-refractivity contribution in [2.24, 2.45) is 12.8 Å². The van der Waals surface area contributed by atoms with E-state index in [4.69, 9.17) is 11.0 Å². The molecule has 3 aromatic rings. The summed E-state index contributed by atoms with van der Waals surface area (Å²) in [7, 11) is 1.71. The number of anilines is 1. The van der Waals surface area contributed by atoms with Crippen LogP contribution in [0.25, 0.3) is 11.0 Å². The predicted octanol–water partition coefficient (Wildman–Crippen LogP) is 2.94. The first-order valence-corrected chi connectivity index (χ1v) is 12.3. The lowest BCUT2D eigenvalue weighted by Gasteiger charge is -2.49. The number of rotatable bonds is 7. The molecule has 1 aliphatic heterocycles. The van der Waals surface area contributed by atoms with E-state index in [0.29, 0.717) is 29.7 Å². The molecule has 2 N–H and O–H groups in total. The average Bonchev–Trinajstić information content (AvgIpc) is 3.29. The number of piperazine rings is 1. The highest BCUT2D eigenvalue weighted by Gasteiger charge is 2.37. The van der Waals surface area contributed by atoms with Crippen LogP contribution >= 0.6 is 0 Å². The van der Waals surface area contributed by atoms with Gasteiger partial charge in [-0.15, -0.1) is 0 Å². The molecule has 0 bridgehead atoms. The smallest absolute Gasteiger partial charge is 0.252 e. The van der Waals surface area contributed by atoms with Crippen molar-refractivity contribution in [3.63, 3.8) is 0 Å². The number of aryl methyl sites for hydroxylation is 1. The zero-order valence-electron chi connectivity index (χ0n) is 21.1. The highest BCUT2D eigenvalue weighted by molar-refractivity contribution is 5.94. The van der Waals surface area contributed by atoms with Gasteiger partial charge in [-0.05, 0) is 37.5 Å². The molecule has 4 rings (SSSR count). The molecule has 0 radical (unpaired) electrons. The van der Waals surface area contributed by atoms with E-state index in [0.717, 1.165) is 18.5 Å². The second kappa shape index (κ2) is 10.1. The molecular weight excluding hydrogens is 461 g/mol. The van der Waals surface area contributed by atoms with E-state index in [1.54, 1.807) is 34.6 Å². The van der Waals surface area contributed by atoms with E-state index in [1.807, 2.05) is 6.92 Å². The molecule has 190 valence electrons. The Morgan fingerprint density at radius 3 is 2.61 bits per heavy atom. The molecule has 2 aromatic heterocycles. The number of amides is 1. The first-order chi connectivity index (χ1) is 17.2. The van der Waals surface area contributed by atoms with Crippen molar-refractivity contribution in [1.82, 2.24) is 19.2 Å². The van der Waals surface area contributed by atoms with Crippen LogP contribution in [0.2, 0.25) is 0 Å². The lowest BCUT2D eigenvalue weighted by Crippen LogP contribution is -2.59. The van der Waals surface area contributed by atoms with Gasteiger partial charge in [0.05, 0.1) is 23.5 Å². The molecule has 1 fully saturated rings. The van der Waals surface area contributed by atoms with Gasteiger partial charge in [-0.3, -0.25) is 19.2 Å². The normalized spacial score (nSPS) is 19.4. The highest BCUT2D eigenvalue weighted by Crippen LogP contribution is 2.35. The number of halogens is 1. The third-order valence-electron chi connectivity index (χ3n) is 7.39. The molecule has 10 heteroatoms. The highest BCUT2D eigenvalue weighted by atomic mass is 19.1. The first kappa shape index (κ1) is 25.4. The number of aromatic nitrogens is 3. The van der Waals surface area contributed by atoms with E-state index in [1.165, 1.54) is 12.1 Å². The van der Waals surface area contributed by atoms with Crippen molar-refractivity contribution in [3.05, 3.63) is 57.8 Å². The van der Waals surface area contributed by atoms with E-state index >= 15 is 0 Å². The summed E-state index contributed by atoms with van der Waals surface area (Å²) in [6, 6.07) is 7.96. The van der Waals surface area contributed by atoms with E-state index in [9.17, 15) is 14.0 Å². The van der Waals surface area contributed by atoms with E-state index in [-0.39, 0.29) is 35.8 Å². The van der Waals surface area contributed by atoms with Gasteiger partial charge in [0.15, 0.2) is 0 Å². The lowest BCUT2D eigenvalue weighted by atomic mass is 9.94. The van der Waals surface area contributed by atoms with Crippen molar-refractivity contribution in [1.29, 1.82) is 5.26 Å². The molecule has 1 saturated heterocycles. The number of primary amides is 1. The van der Waals surface area contributed by atoms with Gasteiger partial charge in [0.1, 0.15) is 17.9 Å². The Labute approximate surface area is 209 Å². The fraction of sp³-hybridized carbons (Fsp3) is 0.462. The summed E-state index contributed by atoms with van der Waals surface area (Å²) in [5.74, 6) is -1.14. The average molecular weight is 494 g/mol. The number of nitrogens with two attached hydrogens (primary N) is 1. The number of hydrogen-bond acceptors (Lipinski definition) is 6. The fourth-order valence-electron chi connectivity index (χ4n) is 5.35. The maximum absolute atomic E-state index is 13.9. The minimum atomic E-state index is -0.648. The van der Waals surface area contributed by atoms with Gasteiger partial charge in [-0.2, -0.15) is 10.4 Å². The van der Waals surface area contributed by atoms with E-state index in [2.05, 4.69) is 34.8 Å². The van der Waals surface area contributed by atoms with Crippen LogP contribution in [0.15, 0.2) is 35.3 Å². The summed E-state index contributed by atoms with van der Waals surface area (Å²) in [6.45, 7) is 7.66. The second-order valence-corrected chi connectivity index (χ2v) is 9.39. The SMILES string of the molecule is CC[C@H]1CN(C(C)c2ccc(F)cc2C(N)=O)[C@H](CC)CN1c1cc(=O)n(C)c2cn(CC#N)nc12. The largest absolute Gasteiger partial charge is 0.366 e. The molecule has 1 unspecified atom stereocenters. The predicted molar refractivity (Wildman–Crippen MR) is 136 cm³/mol. The Balaban J connectivity index is 1.74. The number of carbonyl (C=O) groups is 1. The standard InChI is InChI=1S/C26H32FN7O2/c1-5-18-14-34(22-12-24(35)31(4)23-15-32(10-9-28)30-25(22)23)19(6-2)13-33(18)16(3)20-8-7-17(27)11-21(20)26(29)36/h7-8,11-12,15-16,18-19H,5-6,10,13-14H2,1-4H3,(H2,29,36)/t16?,18-,19+/m1/s1. The summed E-state index contributed by atoms with van der Waals surface area (Å²) >= 11 is 0. The summed E-state index contributed by atoms with van der Waals surface area (Å²) < 4.78 is 17.0. The number of pyridine rings is 1. The van der Waals surface area contributed by atoms with Gasteiger partial charge < -0.3 is 15.2 Å². The Bertz CT molecular complexity index is 1390. The van der Waals surface area contributed by atoms with Crippen LogP contribution in [0.5, 0.6) is 0 Å². The molecule has 0 saturated carbocycles. The second-order valence-electron chi connectivity index (χ2n) is 9.39. The van der Waals surface area contributed by atoms with E-state index < -0.39 is 11.7 Å². The molecule has 36 heavy (non-hydrogen) atoms. The Hall–Kier alpha value is -3.71. The van der Waals surface area contributed by atoms with Gasteiger partial charge in [0.25, 0.3) is 5.56 Å². The van der Waals surface area contributed by atoms with Crippen LogP contribution in [-0.2, 0) is 13.6 Å². The van der Waals surface area contributed by atoms with Crippen LogP contribution in [-0.4, -0.2) is 50.3 Å². The number of benzene rings is 1. The molecule has 0 spiro atoms. The van der Waals surface area contributed by atoms with Gasteiger partial charge >= 0.3 is 0 Å². The topological polar surface area (TPSA) is 113 Å². The number of nitriles is 1. The molecule has 9 nitrogen and oxygen atoms in total. The number of hydrogen-bond donors (Lipinski definition) is 1. The van der Waals surface area contributed by atoms with Crippen molar-refractivity contribution in [2.75, 3.05) is 18.0 Å². The number of nitrogens with zero attached hydrogens (tertiary/aromatic N) is 6. The third kappa shape index (κ3) is 4.46. The van der Waals surface area contributed by atoms with Crippen LogP contribution in [0.1, 0.15) is 55.6 Å². The summed E-state index contributed by atoms with van der Waals surface area (Å²) in [5.41, 5.74) is 8.49. The third-order valence-corrected chi connectivity index (χ3v) is 7.39. The zero-order chi connectivity index (χ0) is 26.1. The molecule has 3 heterocycles. The van der Waals surface area contributed by atoms with Gasteiger partial charge in [-0.25, -0.2) is 4.39 Å². The number of carbonyl (C=O) groups excluding carboxylic acids is 1. The molecule has 1 amide bonds. The molecule has 3 atom stereocenters. The molecule has 1 aromatic carbocycles. The Kier molecular flexibility index (Phi) is 7.13.